The summed E-state index contributed by atoms with van der Waals surface area (Å²) in [6, 6.07) is 0. The second kappa shape index (κ2) is 2.46. The molecule has 0 bridgehead atoms. The van der Waals surface area contributed by atoms with Gasteiger partial charge in [-0.2, -0.15) is 0 Å². The lowest BCUT2D eigenvalue weighted by atomic mass is 10.3. The Morgan fingerprint density at radius 1 is 1.55 bits per heavy atom. The first-order valence-corrected chi connectivity index (χ1v) is 3.90. The molecule has 2 fully saturated rings. The zero-order chi connectivity index (χ0) is 7.84. The highest BCUT2D eigenvalue weighted by Crippen LogP contribution is 2.31. The SMILES string of the molecule is O=C(C1CC1)N1C[C@H](O)CO1. The first-order valence-electron chi connectivity index (χ1n) is 3.90. The summed E-state index contributed by atoms with van der Waals surface area (Å²) >= 11 is 0. The molecule has 11 heavy (non-hydrogen) atoms. The minimum Gasteiger partial charge on any atom is -0.389 e. The Morgan fingerprint density at radius 3 is 2.73 bits per heavy atom. The molecule has 1 aliphatic heterocycles. The fraction of sp³-hybridized carbons (Fsp3) is 0.857. The van der Waals surface area contributed by atoms with Gasteiger partial charge in [-0.15, -0.1) is 0 Å². The van der Waals surface area contributed by atoms with E-state index in [1.807, 2.05) is 0 Å². The van der Waals surface area contributed by atoms with Crippen molar-refractivity contribution in [3.05, 3.63) is 0 Å². The molecule has 4 heteroatoms. The summed E-state index contributed by atoms with van der Waals surface area (Å²) in [5.74, 6) is 0.224. The van der Waals surface area contributed by atoms with E-state index >= 15 is 0 Å². The number of aliphatic hydroxyl groups excluding tert-OH is 1. The number of rotatable bonds is 1. The standard InChI is InChI=1S/C7H11NO3/c9-6-3-8(11-4-6)7(10)5-1-2-5/h5-6,9H,1-4H2/t6-/m0/s1. The van der Waals surface area contributed by atoms with Crippen LogP contribution in [0.4, 0.5) is 0 Å². The van der Waals surface area contributed by atoms with Gasteiger partial charge in [-0.25, -0.2) is 5.06 Å². The zero-order valence-electron chi connectivity index (χ0n) is 6.19. The predicted octanol–water partition coefficient (Wildman–Crippen LogP) is -0.469. The highest BCUT2D eigenvalue weighted by atomic mass is 16.7. The number of aliphatic hydroxyl groups is 1. The summed E-state index contributed by atoms with van der Waals surface area (Å²) in [5, 5.41) is 10.3. The van der Waals surface area contributed by atoms with Gasteiger partial charge in [0.2, 0.25) is 5.91 Å². The molecule has 1 heterocycles. The van der Waals surface area contributed by atoms with Crippen LogP contribution in [0.5, 0.6) is 0 Å². The molecule has 0 unspecified atom stereocenters. The summed E-state index contributed by atoms with van der Waals surface area (Å²) in [5.41, 5.74) is 0. The average Bonchev–Trinajstić information content (AvgIpc) is 2.74. The van der Waals surface area contributed by atoms with Crippen LogP contribution in [0.3, 0.4) is 0 Å². The summed E-state index contributed by atoms with van der Waals surface area (Å²) in [6.07, 6.45) is 1.47. The Labute approximate surface area is 64.7 Å². The molecule has 62 valence electrons. The van der Waals surface area contributed by atoms with Crippen LogP contribution >= 0.6 is 0 Å². The largest absolute Gasteiger partial charge is 0.389 e. The number of amides is 1. The molecule has 1 saturated heterocycles. The molecule has 4 nitrogen and oxygen atoms in total. The molecule has 0 aromatic heterocycles. The van der Waals surface area contributed by atoms with Crippen LogP contribution in [0, 0.1) is 5.92 Å². The molecule has 0 radical (unpaired) electrons. The number of β-amino-alcohol motifs (C(OH)–C–C–N with tert-alkyl or cyclic N) is 1. The third-order valence-corrected chi connectivity index (χ3v) is 1.97. The average molecular weight is 157 g/mol. The Morgan fingerprint density at radius 2 is 2.27 bits per heavy atom. The van der Waals surface area contributed by atoms with Gasteiger partial charge in [-0.05, 0) is 12.8 Å². The fourth-order valence-electron chi connectivity index (χ4n) is 1.16. The summed E-state index contributed by atoms with van der Waals surface area (Å²) in [7, 11) is 0. The molecule has 2 aliphatic rings. The number of nitrogens with zero attached hydrogens (tertiary/aromatic N) is 1. The van der Waals surface area contributed by atoms with Gasteiger partial charge in [0.25, 0.3) is 0 Å². The van der Waals surface area contributed by atoms with Crippen LogP contribution in [0.15, 0.2) is 0 Å². The highest BCUT2D eigenvalue weighted by Gasteiger charge is 2.37. The number of hydrogen-bond donors (Lipinski definition) is 1. The van der Waals surface area contributed by atoms with E-state index < -0.39 is 6.10 Å². The quantitative estimate of drug-likeness (QED) is 0.560. The lowest BCUT2D eigenvalue weighted by Crippen LogP contribution is -2.29. The van der Waals surface area contributed by atoms with E-state index in [1.54, 1.807) is 0 Å². The number of carbonyl (C=O) groups excluding carboxylic acids is 1. The Balaban J connectivity index is 1.89. The van der Waals surface area contributed by atoms with Crippen molar-refractivity contribution in [2.75, 3.05) is 13.2 Å². The van der Waals surface area contributed by atoms with Crippen molar-refractivity contribution < 1.29 is 14.7 Å². The first kappa shape index (κ1) is 7.06. The van der Waals surface area contributed by atoms with Gasteiger partial charge in [0, 0.05) is 5.92 Å². The van der Waals surface area contributed by atoms with Gasteiger partial charge in [0.15, 0.2) is 0 Å². The lowest BCUT2D eigenvalue weighted by Gasteiger charge is -2.12. The number of carbonyl (C=O) groups is 1. The molecular weight excluding hydrogens is 146 g/mol. The van der Waals surface area contributed by atoms with E-state index in [0.717, 1.165) is 12.8 Å². The lowest BCUT2D eigenvalue weighted by molar-refractivity contribution is -0.170. The van der Waals surface area contributed by atoms with E-state index in [2.05, 4.69) is 0 Å². The monoisotopic (exact) mass is 157 g/mol. The molecule has 0 spiro atoms. The van der Waals surface area contributed by atoms with Crippen molar-refractivity contribution in [1.29, 1.82) is 0 Å². The molecular formula is C7H11NO3. The zero-order valence-corrected chi connectivity index (χ0v) is 6.19. The molecule has 0 aromatic carbocycles. The fourth-order valence-corrected chi connectivity index (χ4v) is 1.16. The number of hydroxylamine groups is 2. The van der Waals surface area contributed by atoms with Crippen LogP contribution in [0.2, 0.25) is 0 Å². The third-order valence-electron chi connectivity index (χ3n) is 1.97. The maximum atomic E-state index is 11.2. The third kappa shape index (κ3) is 1.36. The van der Waals surface area contributed by atoms with Gasteiger partial charge in [-0.3, -0.25) is 9.63 Å². The van der Waals surface area contributed by atoms with Crippen LogP contribution < -0.4 is 0 Å². The maximum Gasteiger partial charge on any atom is 0.249 e. The highest BCUT2D eigenvalue weighted by molar-refractivity contribution is 5.80. The predicted molar refractivity (Wildman–Crippen MR) is 36.4 cm³/mol. The molecule has 1 atom stereocenters. The van der Waals surface area contributed by atoms with Gasteiger partial charge in [0.1, 0.15) is 6.61 Å². The smallest absolute Gasteiger partial charge is 0.249 e. The van der Waals surface area contributed by atoms with Gasteiger partial charge in [-0.1, -0.05) is 0 Å². The van der Waals surface area contributed by atoms with E-state index in [-0.39, 0.29) is 18.4 Å². The van der Waals surface area contributed by atoms with E-state index in [1.165, 1.54) is 5.06 Å². The number of hydrogen-bond acceptors (Lipinski definition) is 3. The van der Waals surface area contributed by atoms with Crippen molar-refractivity contribution in [2.24, 2.45) is 5.92 Å². The first-order chi connectivity index (χ1) is 5.27. The van der Waals surface area contributed by atoms with Crippen molar-refractivity contribution in [3.63, 3.8) is 0 Å². The van der Waals surface area contributed by atoms with Gasteiger partial charge >= 0.3 is 0 Å². The Kier molecular flexibility index (Phi) is 1.58. The minimum absolute atomic E-state index is 0.0431. The van der Waals surface area contributed by atoms with Crippen LogP contribution in [-0.4, -0.2) is 35.3 Å². The minimum atomic E-state index is -0.488. The summed E-state index contributed by atoms with van der Waals surface area (Å²) in [6.45, 7) is 0.605. The maximum absolute atomic E-state index is 11.2. The van der Waals surface area contributed by atoms with Crippen LogP contribution in [0.25, 0.3) is 0 Å². The van der Waals surface area contributed by atoms with E-state index in [4.69, 9.17) is 9.94 Å². The molecule has 1 N–H and O–H groups in total. The van der Waals surface area contributed by atoms with Crippen molar-refractivity contribution in [1.82, 2.24) is 5.06 Å². The summed E-state index contributed by atoms with van der Waals surface area (Å²) < 4.78 is 0. The molecule has 1 amide bonds. The molecule has 2 rings (SSSR count). The second-order valence-electron chi connectivity index (χ2n) is 3.12. The van der Waals surface area contributed by atoms with Crippen molar-refractivity contribution >= 4 is 5.91 Å². The second-order valence-corrected chi connectivity index (χ2v) is 3.12. The van der Waals surface area contributed by atoms with Crippen LogP contribution in [0.1, 0.15) is 12.8 Å². The van der Waals surface area contributed by atoms with E-state index in [9.17, 15) is 4.79 Å². The van der Waals surface area contributed by atoms with Crippen molar-refractivity contribution in [2.45, 2.75) is 18.9 Å². The van der Waals surface area contributed by atoms with E-state index in [0.29, 0.717) is 6.54 Å². The Bertz CT molecular complexity index is 179. The molecule has 1 saturated carbocycles. The topological polar surface area (TPSA) is 49.8 Å². The van der Waals surface area contributed by atoms with Crippen molar-refractivity contribution in [3.8, 4) is 0 Å². The Hall–Kier alpha value is -0.610. The van der Waals surface area contributed by atoms with Gasteiger partial charge in [0.05, 0.1) is 12.6 Å². The van der Waals surface area contributed by atoms with Crippen LogP contribution in [-0.2, 0) is 9.63 Å². The molecule has 0 aromatic rings. The molecule has 1 aliphatic carbocycles. The van der Waals surface area contributed by atoms with Gasteiger partial charge < -0.3 is 5.11 Å². The summed E-state index contributed by atoms with van der Waals surface area (Å²) in [4.78, 5) is 16.2. The normalized spacial score (nSPS) is 31.0.